The Labute approximate surface area is 106 Å². The number of rotatable bonds is 2. The standard InChI is InChI=1S/C13H17NO2S/c15-6-2-3-11-7-13(17-10-11)9-14-5-1-4-12(16)8-14/h7,10,12,15-16H,1,4-6,8-9H2. The third-order valence-corrected chi connectivity index (χ3v) is 3.75. The minimum atomic E-state index is -0.169. The summed E-state index contributed by atoms with van der Waals surface area (Å²) in [5.41, 5.74) is 0.969. The van der Waals surface area contributed by atoms with Gasteiger partial charge in [0.25, 0.3) is 0 Å². The van der Waals surface area contributed by atoms with Crippen LogP contribution in [-0.2, 0) is 6.54 Å². The molecule has 2 rings (SSSR count). The lowest BCUT2D eigenvalue weighted by atomic mass is 10.1. The molecule has 17 heavy (non-hydrogen) atoms. The van der Waals surface area contributed by atoms with Crippen LogP contribution in [0.4, 0.5) is 0 Å². The molecule has 1 unspecified atom stereocenters. The summed E-state index contributed by atoms with van der Waals surface area (Å²) in [7, 11) is 0. The van der Waals surface area contributed by atoms with Crippen molar-refractivity contribution in [2.75, 3.05) is 19.7 Å². The number of hydrogen-bond donors (Lipinski definition) is 2. The Bertz CT molecular complexity index is 419. The number of nitrogens with zero attached hydrogens (tertiary/aromatic N) is 1. The molecule has 2 heterocycles. The molecular formula is C13H17NO2S. The minimum absolute atomic E-state index is 0.0938. The van der Waals surface area contributed by atoms with Crippen molar-refractivity contribution in [3.8, 4) is 11.8 Å². The first kappa shape index (κ1) is 12.6. The van der Waals surface area contributed by atoms with E-state index in [0.717, 1.165) is 38.0 Å². The van der Waals surface area contributed by atoms with Gasteiger partial charge in [-0.3, -0.25) is 4.90 Å². The molecule has 0 bridgehead atoms. The SMILES string of the molecule is OCC#Cc1csc(CN2CCCC(O)C2)c1. The molecule has 0 radical (unpaired) electrons. The first-order valence-corrected chi connectivity index (χ1v) is 6.73. The van der Waals surface area contributed by atoms with Gasteiger partial charge in [-0.2, -0.15) is 0 Å². The summed E-state index contributed by atoms with van der Waals surface area (Å²) < 4.78 is 0. The molecule has 1 atom stereocenters. The van der Waals surface area contributed by atoms with Crippen molar-refractivity contribution in [3.63, 3.8) is 0 Å². The monoisotopic (exact) mass is 251 g/mol. The number of aliphatic hydroxyl groups excluding tert-OH is 2. The molecule has 1 aliphatic rings. The van der Waals surface area contributed by atoms with Crippen LogP contribution in [-0.4, -0.2) is 40.9 Å². The van der Waals surface area contributed by atoms with E-state index in [9.17, 15) is 5.11 Å². The van der Waals surface area contributed by atoms with Gasteiger partial charge in [0.05, 0.1) is 6.10 Å². The van der Waals surface area contributed by atoms with Crippen molar-refractivity contribution in [1.82, 2.24) is 4.90 Å². The Hall–Kier alpha value is -0.860. The number of thiophene rings is 1. The van der Waals surface area contributed by atoms with Gasteiger partial charge < -0.3 is 10.2 Å². The van der Waals surface area contributed by atoms with Gasteiger partial charge in [0, 0.05) is 28.9 Å². The molecule has 0 saturated carbocycles. The first-order valence-electron chi connectivity index (χ1n) is 5.85. The summed E-state index contributed by atoms with van der Waals surface area (Å²) in [5.74, 6) is 5.55. The highest BCUT2D eigenvalue weighted by Crippen LogP contribution is 2.19. The lowest BCUT2D eigenvalue weighted by molar-refractivity contribution is 0.0673. The number of hydrogen-bond acceptors (Lipinski definition) is 4. The quantitative estimate of drug-likeness (QED) is 0.772. The summed E-state index contributed by atoms with van der Waals surface area (Å²) in [5, 5.41) is 20.2. The maximum absolute atomic E-state index is 9.59. The molecule has 92 valence electrons. The van der Waals surface area contributed by atoms with Gasteiger partial charge in [0.15, 0.2) is 0 Å². The van der Waals surface area contributed by atoms with Gasteiger partial charge >= 0.3 is 0 Å². The first-order chi connectivity index (χ1) is 8.28. The highest BCUT2D eigenvalue weighted by molar-refractivity contribution is 7.10. The predicted octanol–water partition coefficient (Wildman–Crippen LogP) is 1.05. The van der Waals surface area contributed by atoms with E-state index in [-0.39, 0.29) is 12.7 Å². The Morgan fingerprint density at radius 2 is 2.41 bits per heavy atom. The molecule has 1 fully saturated rings. The van der Waals surface area contributed by atoms with Crippen LogP contribution in [0.1, 0.15) is 23.3 Å². The minimum Gasteiger partial charge on any atom is -0.392 e. The maximum atomic E-state index is 9.59. The number of β-amino-alcohol motifs (C(OH)–C–C–N with tert-alkyl or cyclic N) is 1. The van der Waals surface area contributed by atoms with E-state index in [0.29, 0.717) is 0 Å². The van der Waals surface area contributed by atoms with Crippen LogP contribution in [0.3, 0.4) is 0 Å². The van der Waals surface area contributed by atoms with Crippen molar-refractivity contribution >= 4 is 11.3 Å². The van der Waals surface area contributed by atoms with Crippen LogP contribution < -0.4 is 0 Å². The summed E-state index contributed by atoms with van der Waals surface area (Å²) in [4.78, 5) is 3.55. The van der Waals surface area contributed by atoms with Crippen LogP contribution in [0, 0.1) is 11.8 Å². The molecular weight excluding hydrogens is 234 g/mol. The topological polar surface area (TPSA) is 43.7 Å². The smallest absolute Gasteiger partial charge is 0.104 e. The number of likely N-dealkylation sites (tertiary alicyclic amines) is 1. The molecule has 0 amide bonds. The van der Waals surface area contributed by atoms with Gasteiger partial charge in [0.1, 0.15) is 6.61 Å². The summed E-state index contributed by atoms with van der Waals surface area (Å²) in [6.45, 7) is 2.63. The van der Waals surface area contributed by atoms with Crippen LogP contribution in [0.2, 0.25) is 0 Å². The zero-order valence-corrected chi connectivity index (χ0v) is 10.5. The van der Waals surface area contributed by atoms with Gasteiger partial charge in [-0.25, -0.2) is 0 Å². The lowest BCUT2D eigenvalue weighted by Crippen LogP contribution is -2.37. The van der Waals surface area contributed by atoms with E-state index >= 15 is 0 Å². The Balaban J connectivity index is 1.92. The molecule has 3 nitrogen and oxygen atoms in total. The average Bonchev–Trinajstić information content (AvgIpc) is 2.74. The Morgan fingerprint density at radius 1 is 1.53 bits per heavy atom. The average molecular weight is 251 g/mol. The van der Waals surface area contributed by atoms with Crippen LogP contribution in [0.15, 0.2) is 11.4 Å². The fourth-order valence-electron chi connectivity index (χ4n) is 2.07. The summed E-state index contributed by atoms with van der Waals surface area (Å²) in [6, 6.07) is 2.06. The molecule has 1 aromatic rings. The number of aliphatic hydroxyl groups is 2. The second kappa shape index (κ2) is 6.18. The van der Waals surface area contributed by atoms with Crippen LogP contribution in [0.25, 0.3) is 0 Å². The van der Waals surface area contributed by atoms with E-state index < -0.39 is 0 Å². The fraction of sp³-hybridized carbons (Fsp3) is 0.538. The van der Waals surface area contributed by atoms with Crippen molar-refractivity contribution in [2.45, 2.75) is 25.5 Å². The Morgan fingerprint density at radius 3 is 3.18 bits per heavy atom. The van der Waals surface area contributed by atoms with Gasteiger partial charge in [0.2, 0.25) is 0 Å². The highest BCUT2D eigenvalue weighted by Gasteiger charge is 2.17. The molecule has 0 spiro atoms. The van der Waals surface area contributed by atoms with E-state index in [1.54, 1.807) is 11.3 Å². The molecule has 1 saturated heterocycles. The van der Waals surface area contributed by atoms with Crippen molar-refractivity contribution in [2.24, 2.45) is 0 Å². The summed E-state index contributed by atoms with van der Waals surface area (Å²) >= 11 is 1.69. The van der Waals surface area contributed by atoms with E-state index in [1.165, 1.54) is 4.88 Å². The second-order valence-electron chi connectivity index (χ2n) is 4.29. The second-order valence-corrected chi connectivity index (χ2v) is 5.29. The molecule has 2 N–H and O–H groups in total. The normalized spacial score (nSPS) is 20.9. The van der Waals surface area contributed by atoms with Crippen molar-refractivity contribution < 1.29 is 10.2 Å². The zero-order chi connectivity index (χ0) is 12.1. The predicted molar refractivity (Wildman–Crippen MR) is 68.8 cm³/mol. The highest BCUT2D eigenvalue weighted by atomic mass is 32.1. The van der Waals surface area contributed by atoms with Gasteiger partial charge in [-0.1, -0.05) is 11.8 Å². The molecule has 0 aliphatic carbocycles. The zero-order valence-electron chi connectivity index (χ0n) is 9.72. The van der Waals surface area contributed by atoms with E-state index in [4.69, 9.17) is 5.11 Å². The third kappa shape index (κ3) is 3.83. The third-order valence-electron chi connectivity index (χ3n) is 2.83. The van der Waals surface area contributed by atoms with Crippen molar-refractivity contribution in [1.29, 1.82) is 0 Å². The van der Waals surface area contributed by atoms with Crippen molar-refractivity contribution in [3.05, 3.63) is 21.9 Å². The van der Waals surface area contributed by atoms with Crippen LogP contribution >= 0.6 is 11.3 Å². The molecule has 4 heteroatoms. The van der Waals surface area contributed by atoms with Crippen LogP contribution in [0.5, 0.6) is 0 Å². The largest absolute Gasteiger partial charge is 0.392 e. The van der Waals surface area contributed by atoms with E-state index in [2.05, 4.69) is 22.8 Å². The summed E-state index contributed by atoms with van der Waals surface area (Å²) in [6.07, 6.45) is 1.83. The molecule has 1 aliphatic heterocycles. The van der Waals surface area contributed by atoms with Gasteiger partial charge in [-0.05, 0) is 25.5 Å². The maximum Gasteiger partial charge on any atom is 0.104 e. The van der Waals surface area contributed by atoms with Gasteiger partial charge in [-0.15, -0.1) is 11.3 Å². The van der Waals surface area contributed by atoms with E-state index in [1.807, 2.05) is 5.38 Å². The lowest BCUT2D eigenvalue weighted by Gasteiger charge is -2.29. The Kier molecular flexibility index (Phi) is 4.57. The fourth-order valence-corrected chi connectivity index (χ4v) is 2.92. The molecule has 1 aromatic heterocycles. The molecule has 0 aromatic carbocycles. The number of piperidine rings is 1.